The molecule has 2 aromatic carbocycles. The van der Waals surface area contributed by atoms with Gasteiger partial charge in [-0.25, -0.2) is 9.78 Å². The molecule has 3 aromatic rings. The standard InChI is InChI=1S/C25H27N3O4S/c1-25(2,24(31)32)28-23(30)17-5-3-15(4-6-17)16-7-10-19(11-8-16)27-22(29)18-9-12-20-21(13-18)33-14-26-20/h7-15,17H,3-6H2,1-2H3,(H,27,29)(H,28,30)(H,31,32)/t15-,17+. The number of carbonyl (C=O) groups excluding carboxylic acids is 2. The molecule has 0 radical (unpaired) electrons. The number of anilines is 1. The molecule has 33 heavy (non-hydrogen) atoms. The zero-order valence-electron chi connectivity index (χ0n) is 18.6. The topological polar surface area (TPSA) is 108 Å². The molecule has 0 saturated heterocycles. The average molecular weight is 466 g/mol. The number of benzene rings is 2. The van der Waals surface area contributed by atoms with Crippen LogP contribution in [-0.4, -0.2) is 33.4 Å². The van der Waals surface area contributed by atoms with E-state index in [9.17, 15) is 19.5 Å². The highest BCUT2D eigenvalue weighted by atomic mass is 32.1. The van der Waals surface area contributed by atoms with Gasteiger partial charge in [0.2, 0.25) is 5.91 Å². The summed E-state index contributed by atoms with van der Waals surface area (Å²) in [5, 5.41) is 14.8. The van der Waals surface area contributed by atoms with Gasteiger partial charge < -0.3 is 15.7 Å². The predicted octanol–water partition coefficient (Wildman–Crippen LogP) is 4.80. The summed E-state index contributed by atoms with van der Waals surface area (Å²) in [6.45, 7) is 2.99. The van der Waals surface area contributed by atoms with E-state index < -0.39 is 11.5 Å². The van der Waals surface area contributed by atoms with Gasteiger partial charge in [0.1, 0.15) is 5.54 Å². The van der Waals surface area contributed by atoms with E-state index in [0.29, 0.717) is 11.5 Å². The third kappa shape index (κ3) is 5.22. The molecule has 172 valence electrons. The van der Waals surface area contributed by atoms with Crippen LogP contribution in [0.4, 0.5) is 5.69 Å². The summed E-state index contributed by atoms with van der Waals surface area (Å²) in [6.07, 6.45) is 3.19. The summed E-state index contributed by atoms with van der Waals surface area (Å²) in [6, 6.07) is 13.4. The second-order valence-corrected chi connectivity index (χ2v) is 9.97. The first-order valence-electron chi connectivity index (χ1n) is 11.0. The van der Waals surface area contributed by atoms with Crippen molar-refractivity contribution >= 4 is 45.0 Å². The van der Waals surface area contributed by atoms with Crippen molar-refractivity contribution in [2.24, 2.45) is 5.92 Å². The number of nitrogens with one attached hydrogen (secondary N) is 2. The lowest BCUT2D eigenvalue weighted by Gasteiger charge is -2.30. The van der Waals surface area contributed by atoms with E-state index in [-0.39, 0.29) is 17.7 Å². The smallest absolute Gasteiger partial charge is 0.328 e. The van der Waals surface area contributed by atoms with Crippen LogP contribution < -0.4 is 10.6 Å². The zero-order valence-corrected chi connectivity index (χ0v) is 19.4. The number of rotatable bonds is 6. The Labute approximate surface area is 196 Å². The fraction of sp³-hybridized carbons (Fsp3) is 0.360. The molecule has 1 aliphatic rings. The number of thiazole rings is 1. The maximum Gasteiger partial charge on any atom is 0.328 e. The normalized spacial score (nSPS) is 18.6. The summed E-state index contributed by atoms with van der Waals surface area (Å²) in [4.78, 5) is 40.6. The number of carbonyl (C=O) groups is 3. The molecule has 4 rings (SSSR count). The van der Waals surface area contributed by atoms with Gasteiger partial charge >= 0.3 is 5.97 Å². The molecule has 0 atom stereocenters. The molecule has 2 amide bonds. The minimum Gasteiger partial charge on any atom is -0.480 e. The van der Waals surface area contributed by atoms with Crippen LogP contribution in [-0.2, 0) is 9.59 Å². The van der Waals surface area contributed by atoms with Crippen molar-refractivity contribution < 1.29 is 19.5 Å². The Bertz CT molecular complexity index is 1180. The lowest BCUT2D eigenvalue weighted by Crippen LogP contribution is -2.51. The highest BCUT2D eigenvalue weighted by Gasteiger charge is 2.33. The summed E-state index contributed by atoms with van der Waals surface area (Å²) < 4.78 is 0.980. The minimum atomic E-state index is -1.26. The van der Waals surface area contributed by atoms with Gasteiger partial charge in [-0.3, -0.25) is 9.59 Å². The summed E-state index contributed by atoms with van der Waals surface area (Å²) in [7, 11) is 0. The van der Waals surface area contributed by atoms with Crippen LogP contribution in [0.2, 0.25) is 0 Å². The molecule has 0 aliphatic heterocycles. The quantitative estimate of drug-likeness (QED) is 0.484. The molecule has 3 N–H and O–H groups in total. The number of amides is 2. The number of hydrogen-bond donors (Lipinski definition) is 3. The van der Waals surface area contributed by atoms with Crippen molar-refractivity contribution in [1.82, 2.24) is 10.3 Å². The van der Waals surface area contributed by atoms with Crippen LogP contribution in [0.5, 0.6) is 0 Å². The third-order valence-electron chi connectivity index (χ3n) is 6.30. The Balaban J connectivity index is 1.32. The van der Waals surface area contributed by atoms with Crippen LogP contribution in [0, 0.1) is 5.92 Å². The van der Waals surface area contributed by atoms with Crippen molar-refractivity contribution in [1.29, 1.82) is 0 Å². The fourth-order valence-corrected chi connectivity index (χ4v) is 4.91. The average Bonchev–Trinajstić information content (AvgIpc) is 3.27. The van der Waals surface area contributed by atoms with E-state index in [1.165, 1.54) is 30.7 Å². The van der Waals surface area contributed by atoms with Gasteiger partial charge in [0.15, 0.2) is 0 Å². The number of carboxylic acids is 1. The largest absolute Gasteiger partial charge is 0.480 e. The van der Waals surface area contributed by atoms with E-state index in [2.05, 4.69) is 15.6 Å². The second-order valence-electron chi connectivity index (χ2n) is 9.08. The number of fused-ring (bicyclic) bond motifs is 1. The first-order chi connectivity index (χ1) is 15.7. The second kappa shape index (κ2) is 9.31. The van der Waals surface area contributed by atoms with Crippen LogP contribution >= 0.6 is 11.3 Å². The number of nitrogens with zero attached hydrogens (tertiary/aromatic N) is 1. The molecule has 1 saturated carbocycles. The molecule has 1 heterocycles. The molecular formula is C25H27N3O4S. The van der Waals surface area contributed by atoms with Crippen LogP contribution in [0.25, 0.3) is 10.2 Å². The first-order valence-corrected chi connectivity index (χ1v) is 11.9. The monoisotopic (exact) mass is 465 g/mol. The van der Waals surface area contributed by atoms with Gasteiger partial charge in [-0.05, 0) is 81.3 Å². The number of aliphatic carboxylic acids is 1. The van der Waals surface area contributed by atoms with E-state index in [4.69, 9.17) is 0 Å². The molecule has 0 spiro atoms. The first kappa shape index (κ1) is 22.9. The fourth-order valence-electron chi connectivity index (χ4n) is 4.19. The summed E-state index contributed by atoms with van der Waals surface area (Å²) >= 11 is 1.51. The molecule has 8 heteroatoms. The van der Waals surface area contributed by atoms with Crippen molar-refractivity contribution in [3.63, 3.8) is 0 Å². The maximum atomic E-state index is 12.6. The number of carboxylic acid groups (broad SMARTS) is 1. The predicted molar refractivity (Wildman–Crippen MR) is 129 cm³/mol. The van der Waals surface area contributed by atoms with Crippen molar-refractivity contribution in [3.05, 3.63) is 59.1 Å². The summed E-state index contributed by atoms with van der Waals surface area (Å²) in [5.74, 6) is -1.19. The highest BCUT2D eigenvalue weighted by molar-refractivity contribution is 7.16. The lowest BCUT2D eigenvalue weighted by molar-refractivity contribution is -0.146. The molecule has 1 fully saturated rings. The van der Waals surface area contributed by atoms with Gasteiger partial charge in [-0.15, -0.1) is 11.3 Å². The van der Waals surface area contributed by atoms with E-state index in [0.717, 1.165) is 41.6 Å². The van der Waals surface area contributed by atoms with Crippen molar-refractivity contribution in [2.45, 2.75) is 51.0 Å². The Morgan fingerprint density at radius 1 is 1.03 bits per heavy atom. The molecular weight excluding hydrogens is 438 g/mol. The maximum absolute atomic E-state index is 12.6. The molecule has 0 bridgehead atoms. The van der Waals surface area contributed by atoms with Gasteiger partial charge in [0, 0.05) is 17.2 Å². The zero-order chi connectivity index (χ0) is 23.6. The van der Waals surface area contributed by atoms with Gasteiger partial charge in [-0.1, -0.05) is 12.1 Å². The van der Waals surface area contributed by atoms with Crippen LogP contribution in [0.1, 0.15) is 61.4 Å². The highest BCUT2D eigenvalue weighted by Crippen LogP contribution is 2.36. The molecule has 7 nitrogen and oxygen atoms in total. The molecule has 0 unspecified atom stereocenters. The SMILES string of the molecule is CC(C)(NC(=O)[C@H]1CC[C@@H](c2ccc(NC(=O)c3ccc4ncsc4c3)cc2)CC1)C(=O)O. The van der Waals surface area contributed by atoms with E-state index >= 15 is 0 Å². The van der Waals surface area contributed by atoms with E-state index in [1.807, 2.05) is 36.4 Å². The number of hydrogen-bond acceptors (Lipinski definition) is 5. The Kier molecular flexibility index (Phi) is 6.47. The van der Waals surface area contributed by atoms with Crippen molar-refractivity contribution in [3.8, 4) is 0 Å². The van der Waals surface area contributed by atoms with E-state index in [1.54, 1.807) is 11.6 Å². The molecule has 1 aromatic heterocycles. The summed E-state index contributed by atoms with van der Waals surface area (Å²) in [5.41, 5.74) is 3.90. The van der Waals surface area contributed by atoms with Gasteiger partial charge in [0.05, 0.1) is 15.7 Å². The van der Waals surface area contributed by atoms with Crippen LogP contribution in [0.15, 0.2) is 48.0 Å². The Hall–Kier alpha value is -3.26. The van der Waals surface area contributed by atoms with Gasteiger partial charge in [0.25, 0.3) is 5.91 Å². The van der Waals surface area contributed by atoms with Crippen molar-refractivity contribution in [2.75, 3.05) is 5.32 Å². The Morgan fingerprint density at radius 2 is 1.73 bits per heavy atom. The van der Waals surface area contributed by atoms with Gasteiger partial charge in [-0.2, -0.15) is 0 Å². The number of aromatic nitrogens is 1. The molecule has 1 aliphatic carbocycles. The van der Waals surface area contributed by atoms with Crippen LogP contribution in [0.3, 0.4) is 0 Å². The minimum absolute atomic E-state index is 0.158. The third-order valence-corrected chi connectivity index (χ3v) is 7.09. The Morgan fingerprint density at radius 3 is 2.39 bits per heavy atom. The lowest BCUT2D eigenvalue weighted by atomic mass is 9.78.